The van der Waals surface area contributed by atoms with Crippen LogP contribution in [0, 0.1) is 0 Å². The highest BCUT2D eigenvalue weighted by Crippen LogP contribution is 2.17. The van der Waals surface area contributed by atoms with Crippen LogP contribution in [0.4, 0.5) is 5.69 Å². The molecule has 0 bridgehead atoms. The van der Waals surface area contributed by atoms with E-state index in [1.165, 1.54) is 0 Å². The van der Waals surface area contributed by atoms with Gasteiger partial charge in [-0.1, -0.05) is 19.6 Å². The molecule has 1 aromatic rings. The van der Waals surface area contributed by atoms with E-state index in [9.17, 15) is 0 Å². The Kier molecular flexibility index (Phi) is 4.37. The Hall–Kier alpha value is -1.01. The molecule has 0 aromatic carbocycles. The van der Waals surface area contributed by atoms with Crippen molar-refractivity contribution >= 4 is 13.8 Å². The van der Waals surface area contributed by atoms with Crippen LogP contribution in [0.25, 0.3) is 0 Å². The number of aromatic nitrogens is 2. The Balaban J connectivity index is 2.32. The van der Waals surface area contributed by atoms with E-state index >= 15 is 0 Å². The molecule has 0 amide bonds. The van der Waals surface area contributed by atoms with Gasteiger partial charge in [0.2, 0.25) is 0 Å². The maximum absolute atomic E-state index is 5.67. The second kappa shape index (κ2) is 5.36. The third-order valence-corrected chi connectivity index (χ3v) is 3.87. The van der Waals surface area contributed by atoms with Crippen molar-refractivity contribution in [3.63, 3.8) is 0 Å². The summed E-state index contributed by atoms with van der Waals surface area (Å²) in [5.74, 6) is 0.453. The summed E-state index contributed by atoms with van der Waals surface area (Å²) < 4.78 is 12.2. The Morgan fingerprint density at radius 1 is 1.44 bits per heavy atom. The molecule has 0 aliphatic carbocycles. The first-order valence-corrected chi connectivity index (χ1v) is 9.08. The lowest BCUT2D eigenvalue weighted by molar-refractivity contribution is 0.0777. The van der Waals surface area contributed by atoms with Crippen LogP contribution in [-0.2, 0) is 11.5 Å². The number of nitrogens with two attached hydrogens (primary N) is 1. The fourth-order valence-electron chi connectivity index (χ4n) is 1.18. The average Bonchev–Trinajstić information content (AvgIpc) is 2.52. The van der Waals surface area contributed by atoms with Gasteiger partial charge < -0.3 is 15.2 Å². The zero-order chi connectivity index (χ0) is 12.2. The van der Waals surface area contributed by atoms with Crippen LogP contribution >= 0.6 is 0 Å². The minimum absolute atomic E-state index is 0.429. The zero-order valence-electron chi connectivity index (χ0n) is 10.5. The lowest BCUT2D eigenvalue weighted by Gasteiger charge is -2.15. The molecule has 0 aliphatic heterocycles. The molecule has 0 fully saturated rings. The van der Waals surface area contributed by atoms with Gasteiger partial charge in [-0.05, 0) is 6.04 Å². The summed E-state index contributed by atoms with van der Waals surface area (Å²) in [6.07, 6.45) is 1.72. The van der Waals surface area contributed by atoms with Crippen molar-refractivity contribution in [1.82, 2.24) is 9.78 Å². The number of methoxy groups -OCH3 is 1. The second-order valence-electron chi connectivity index (χ2n) is 4.98. The summed E-state index contributed by atoms with van der Waals surface area (Å²) in [7, 11) is 0.539. The number of anilines is 1. The maximum atomic E-state index is 5.67. The van der Waals surface area contributed by atoms with Crippen molar-refractivity contribution in [2.75, 3.05) is 19.5 Å². The molecule has 0 saturated carbocycles. The lowest BCUT2D eigenvalue weighted by atomic mass is 10.6. The topological polar surface area (TPSA) is 62.3 Å². The van der Waals surface area contributed by atoms with E-state index in [2.05, 4.69) is 24.7 Å². The van der Waals surface area contributed by atoms with E-state index in [4.69, 9.17) is 15.2 Å². The first-order chi connectivity index (χ1) is 7.42. The van der Waals surface area contributed by atoms with Crippen LogP contribution < -0.4 is 10.5 Å². The van der Waals surface area contributed by atoms with E-state index in [-0.39, 0.29) is 0 Å². The number of ether oxygens (including phenoxy) is 2. The van der Waals surface area contributed by atoms with Gasteiger partial charge in [-0.2, -0.15) is 0 Å². The van der Waals surface area contributed by atoms with Crippen molar-refractivity contribution in [2.24, 2.45) is 0 Å². The fourth-order valence-corrected chi connectivity index (χ4v) is 1.94. The number of hydrogen-bond acceptors (Lipinski definition) is 4. The van der Waals surface area contributed by atoms with Crippen molar-refractivity contribution in [1.29, 1.82) is 0 Å². The van der Waals surface area contributed by atoms with Gasteiger partial charge in [-0.3, -0.25) is 0 Å². The predicted octanol–water partition coefficient (Wildman–Crippen LogP) is 1.79. The highest BCUT2D eigenvalue weighted by molar-refractivity contribution is 6.76. The number of nitrogens with zero attached hydrogens (tertiary/aromatic N) is 2. The standard InChI is InChI=1S/C10H21N3O2Si/c1-14-10-9(11)7-13(12-10)8-15-5-6-16(2,3)4/h7H,5-6,8,11H2,1-4H3. The maximum Gasteiger partial charge on any atom is 0.256 e. The Bertz CT molecular complexity index is 333. The lowest BCUT2D eigenvalue weighted by Crippen LogP contribution is -2.22. The van der Waals surface area contributed by atoms with Crippen molar-refractivity contribution < 1.29 is 9.47 Å². The summed E-state index contributed by atoms with van der Waals surface area (Å²) in [6.45, 7) is 8.18. The van der Waals surface area contributed by atoms with E-state index in [1.807, 2.05) is 0 Å². The third kappa shape index (κ3) is 4.24. The highest BCUT2D eigenvalue weighted by Gasteiger charge is 2.12. The molecule has 1 heterocycles. The van der Waals surface area contributed by atoms with E-state index in [1.54, 1.807) is 18.0 Å². The molecule has 1 rings (SSSR count). The van der Waals surface area contributed by atoms with Crippen LogP contribution in [0.3, 0.4) is 0 Å². The van der Waals surface area contributed by atoms with Gasteiger partial charge in [0.05, 0.1) is 13.3 Å². The number of rotatable bonds is 6. The molecule has 2 N–H and O–H groups in total. The molecular formula is C10H21N3O2Si. The van der Waals surface area contributed by atoms with Gasteiger partial charge in [0.15, 0.2) is 0 Å². The van der Waals surface area contributed by atoms with Crippen LogP contribution in [0.1, 0.15) is 0 Å². The van der Waals surface area contributed by atoms with Crippen molar-refractivity contribution in [2.45, 2.75) is 32.4 Å². The summed E-state index contributed by atoms with van der Waals surface area (Å²) in [5.41, 5.74) is 6.21. The van der Waals surface area contributed by atoms with E-state index < -0.39 is 8.07 Å². The number of hydrogen-bond donors (Lipinski definition) is 1. The minimum Gasteiger partial charge on any atom is -0.478 e. The summed E-state index contributed by atoms with van der Waals surface area (Å²) in [6, 6.07) is 1.15. The third-order valence-electron chi connectivity index (χ3n) is 2.17. The zero-order valence-corrected chi connectivity index (χ0v) is 11.5. The quantitative estimate of drug-likeness (QED) is 0.611. The van der Waals surface area contributed by atoms with Crippen LogP contribution in [0.2, 0.25) is 25.7 Å². The molecular weight excluding hydrogens is 222 g/mol. The number of nitrogen functional groups attached to an aromatic ring is 1. The molecule has 0 radical (unpaired) electrons. The van der Waals surface area contributed by atoms with Gasteiger partial charge in [0.1, 0.15) is 12.4 Å². The largest absolute Gasteiger partial charge is 0.478 e. The first-order valence-electron chi connectivity index (χ1n) is 5.37. The second-order valence-corrected chi connectivity index (χ2v) is 10.6. The highest BCUT2D eigenvalue weighted by atomic mass is 28.3. The molecule has 92 valence electrons. The summed E-state index contributed by atoms with van der Waals surface area (Å²) in [4.78, 5) is 0. The summed E-state index contributed by atoms with van der Waals surface area (Å²) in [5, 5.41) is 4.12. The van der Waals surface area contributed by atoms with Crippen molar-refractivity contribution in [3.8, 4) is 5.88 Å². The predicted molar refractivity (Wildman–Crippen MR) is 67.3 cm³/mol. The molecule has 1 aromatic heterocycles. The van der Waals surface area contributed by atoms with Gasteiger partial charge >= 0.3 is 0 Å². The summed E-state index contributed by atoms with van der Waals surface area (Å²) >= 11 is 0. The fraction of sp³-hybridized carbons (Fsp3) is 0.700. The van der Waals surface area contributed by atoms with Gasteiger partial charge in [0.25, 0.3) is 5.88 Å². The molecule has 0 saturated heterocycles. The normalized spacial score (nSPS) is 11.8. The van der Waals surface area contributed by atoms with Crippen LogP contribution in [0.15, 0.2) is 6.20 Å². The van der Waals surface area contributed by atoms with Crippen molar-refractivity contribution in [3.05, 3.63) is 6.20 Å². The Morgan fingerprint density at radius 2 is 2.12 bits per heavy atom. The van der Waals surface area contributed by atoms with Gasteiger partial charge in [-0.25, -0.2) is 4.68 Å². The van der Waals surface area contributed by atoms with Crippen LogP contribution in [-0.4, -0.2) is 31.6 Å². The molecule has 0 aliphatic rings. The first kappa shape index (κ1) is 13.1. The molecule has 5 nitrogen and oxygen atoms in total. The molecule has 0 atom stereocenters. The monoisotopic (exact) mass is 243 g/mol. The SMILES string of the molecule is COc1nn(COCC[Si](C)(C)C)cc1N. The smallest absolute Gasteiger partial charge is 0.256 e. The molecule has 0 unspecified atom stereocenters. The molecule has 16 heavy (non-hydrogen) atoms. The van der Waals surface area contributed by atoms with E-state index in [0.29, 0.717) is 18.3 Å². The average molecular weight is 243 g/mol. The minimum atomic E-state index is -1.01. The van der Waals surface area contributed by atoms with Gasteiger partial charge in [0, 0.05) is 14.7 Å². The van der Waals surface area contributed by atoms with Gasteiger partial charge in [-0.15, -0.1) is 5.10 Å². The Labute approximate surface area is 97.5 Å². The van der Waals surface area contributed by atoms with E-state index in [0.717, 1.165) is 12.7 Å². The Morgan fingerprint density at radius 3 is 2.62 bits per heavy atom. The van der Waals surface area contributed by atoms with Crippen LogP contribution in [0.5, 0.6) is 5.88 Å². The molecule has 0 spiro atoms. The molecule has 6 heteroatoms.